The van der Waals surface area contributed by atoms with Gasteiger partial charge in [-0.15, -0.1) is 0 Å². The van der Waals surface area contributed by atoms with Gasteiger partial charge in [-0.1, -0.05) is 30.3 Å². The van der Waals surface area contributed by atoms with Gasteiger partial charge < -0.3 is 18.9 Å². The minimum Gasteiger partial charge on any atom is -0.368 e. The molecular weight excluding hydrogens is 220 g/mol. The van der Waals surface area contributed by atoms with Crippen molar-refractivity contribution in [3.8, 4) is 0 Å². The monoisotopic (exact) mass is 234 g/mol. The molecule has 4 heteroatoms. The first-order chi connectivity index (χ1) is 8.42. The van der Waals surface area contributed by atoms with E-state index in [9.17, 15) is 0 Å². The number of rotatable bonds is 3. The molecule has 0 spiro atoms. The molecule has 0 unspecified atom stereocenters. The summed E-state index contributed by atoms with van der Waals surface area (Å²) in [6.45, 7) is 1.23. The quantitative estimate of drug-likeness (QED) is 0.734. The van der Waals surface area contributed by atoms with E-state index in [1.165, 1.54) is 5.56 Å². The molecule has 0 radical (unpaired) electrons. The average Bonchev–Trinajstić information content (AvgIpc) is 3.05. The first-order valence-corrected chi connectivity index (χ1v) is 6.00. The normalized spacial score (nSPS) is 42.2. The van der Waals surface area contributed by atoms with Crippen molar-refractivity contribution in [3.63, 3.8) is 0 Å². The predicted molar refractivity (Wildman–Crippen MR) is 58.3 cm³/mol. The van der Waals surface area contributed by atoms with Crippen LogP contribution in [0.3, 0.4) is 0 Å². The Balaban J connectivity index is 1.43. The summed E-state index contributed by atoms with van der Waals surface area (Å²) in [6.07, 6.45) is 0.160. The highest BCUT2D eigenvalue weighted by molar-refractivity contribution is 5.14. The molecule has 0 saturated carbocycles. The smallest absolute Gasteiger partial charge is 0.187 e. The maximum Gasteiger partial charge on any atom is 0.187 e. The van der Waals surface area contributed by atoms with Crippen LogP contribution in [0.25, 0.3) is 0 Å². The van der Waals surface area contributed by atoms with E-state index in [2.05, 4.69) is 12.1 Å². The molecule has 0 aliphatic carbocycles. The summed E-state index contributed by atoms with van der Waals surface area (Å²) in [7, 11) is 0. The van der Waals surface area contributed by atoms with Crippen molar-refractivity contribution in [2.45, 2.75) is 37.3 Å². The van der Waals surface area contributed by atoms with Crippen molar-refractivity contribution in [3.05, 3.63) is 35.9 Å². The Morgan fingerprint density at radius 2 is 2.00 bits per heavy atom. The van der Waals surface area contributed by atoms with E-state index in [4.69, 9.17) is 18.9 Å². The van der Waals surface area contributed by atoms with Crippen LogP contribution in [0.5, 0.6) is 0 Å². The van der Waals surface area contributed by atoms with Gasteiger partial charge in [0.05, 0.1) is 13.2 Å². The fraction of sp³-hybridized carbons (Fsp3) is 0.538. The molecule has 2 bridgehead atoms. The number of benzene rings is 1. The fourth-order valence-corrected chi connectivity index (χ4v) is 2.58. The first-order valence-electron chi connectivity index (χ1n) is 6.00. The second kappa shape index (κ2) is 3.78. The largest absolute Gasteiger partial charge is 0.368 e. The second-order valence-corrected chi connectivity index (χ2v) is 4.70. The summed E-state index contributed by atoms with van der Waals surface area (Å²) in [5.74, 6) is 0. The van der Waals surface area contributed by atoms with E-state index in [-0.39, 0.29) is 30.7 Å². The topological polar surface area (TPSA) is 40.2 Å². The zero-order valence-corrected chi connectivity index (χ0v) is 9.32. The summed E-state index contributed by atoms with van der Waals surface area (Å²) in [4.78, 5) is 0. The third-order valence-electron chi connectivity index (χ3n) is 3.54. The van der Waals surface area contributed by atoms with Gasteiger partial charge >= 0.3 is 0 Å². The van der Waals surface area contributed by atoms with E-state index < -0.39 is 0 Å². The molecule has 3 aliphatic heterocycles. The summed E-state index contributed by atoms with van der Waals surface area (Å²) in [6, 6.07) is 10.1. The molecule has 4 rings (SSSR count). The Morgan fingerprint density at radius 1 is 1.12 bits per heavy atom. The second-order valence-electron chi connectivity index (χ2n) is 4.70. The molecule has 17 heavy (non-hydrogen) atoms. The number of hydrogen-bond acceptors (Lipinski definition) is 4. The first kappa shape index (κ1) is 10.0. The van der Waals surface area contributed by atoms with Crippen molar-refractivity contribution in [2.24, 2.45) is 0 Å². The molecule has 0 aromatic heterocycles. The Labute approximate surface area is 99.4 Å². The number of ether oxygens (including phenoxy) is 4. The lowest BCUT2D eigenvalue weighted by molar-refractivity contribution is -0.121. The van der Waals surface area contributed by atoms with Crippen LogP contribution < -0.4 is 0 Å². The van der Waals surface area contributed by atoms with Crippen LogP contribution in [0, 0.1) is 0 Å². The Bertz CT molecular complexity index is 407. The standard InChI is InChI=1S/C13H14O4/c1-2-4-8(5-3-1)6-14-10-9-7-15-13(16-9)12-11(10)17-12/h1-5,9-13H,6-7H2/t9-,10-,11-,12-,13+/m1/s1. The van der Waals surface area contributed by atoms with Crippen molar-refractivity contribution in [2.75, 3.05) is 6.61 Å². The SMILES string of the molecule is c1ccc(CO[C@H]2[C@H]3O[C@H]3[C@H]3OC[C@H]2O3)cc1. The van der Waals surface area contributed by atoms with Crippen LogP contribution in [0.1, 0.15) is 5.56 Å². The molecule has 4 nitrogen and oxygen atoms in total. The van der Waals surface area contributed by atoms with E-state index in [0.29, 0.717) is 13.2 Å². The average molecular weight is 234 g/mol. The van der Waals surface area contributed by atoms with Crippen LogP contribution in [0.2, 0.25) is 0 Å². The molecule has 90 valence electrons. The van der Waals surface area contributed by atoms with Gasteiger partial charge in [-0.3, -0.25) is 0 Å². The van der Waals surface area contributed by atoms with Gasteiger partial charge in [0, 0.05) is 0 Å². The van der Waals surface area contributed by atoms with Gasteiger partial charge in [0.15, 0.2) is 6.29 Å². The van der Waals surface area contributed by atoms with Crippen LogP contribution in [0.15, 0.2) is 30.3 Å². The highest BCUT2D eigenvalue weighted by atomic mass is 16.8. The lowest BCUT2D eigenvalue weighted by Gasteiger charge is -2.24. The molecule has 3 heterocycles. The van der Waals surface area contributed by atoms with E-state index >= 15 is 0 Å². The molecule has 0 N–H and O–H groups in total. The van der Waals surface area contributed by atoms with Crippen LogP contribution >= 0.6 is 0 Å². The van der Waals surface area contributed by atoms with Crippen molar-refractivity contribution in [1.29, 1.82) is 0 Å². The minimum absolute atomic E-state index is 0.0129. The van der Waals surface area contributed by atoms with Gasteiger partial charge in [0.1, 0.15) is 24.4 Å². The molecule has 0 amide bonds. The zero-order chi connectivity index (χ0) is 11.2. The van der Waals surface area contributed by atoms with Crippen molar-refractivity contribution in [1.82, 2.24) is 0 Å². The summed E-state index contributed by atoms with van der Waals surface area (Å²) in [5.41, 5.74) is 1.17. The predicted octanol–water partition coefficient (Wildman–Crippen LogP) is 1.09. The number of fused-ring (bicyclic) bond motifs is 4. The fourth-order valence-electron chi connectivity index (χ4n) is 2.58. The van der Waals surface area contributed by atoms with Gasteiger partial charge in [0.25, 0.3) is 0 Å². The van der Waals surface area contributed by atoms with Gasteiger partial charge in [-0.2, -0.15) is 0 Å². The summed E-state index contributed by atoms with van der Waals surface area (Å²) >= 11 is 0. The van der Waals surface area contributed by atoms with Crippen LogP contribution in [0.4, 0.5) is 0 Å². The van der Waals surface area contributed by atoms with Crippen LogP contribution in [-0.2, 0) is 25.6 Å². The maximum atomic E-state index is 5.92. The minimum atomic E-state index is -0.151. The molecule has 3 aliphatic rings. The highest BCUT2D eigenvalue weighted by Crippen LogP contribution is 2.43. The molecule has 3 fully saturated rings. The molecule has 5 atom stereocenters. The number of epoxide rings is 1. The van der Waals surface area contributed by atoms with E-state index in [1.807, 2.05) is 18.2 Å². The Hall–Kier alpha value is -0.940. The van der Waals surface area contributed by atoms with E-state index in [1.54, 1.807) is 0 Å². The van der Waals surface area contributed by atoms with Crippen molar-refractivity contribution < 1.29 is 18.9 Å². The van der Waals surface area contributed by atoms with Crippen LogP contribution in [-0.4, -0.2) is 37.3 Å². The highest BCUT2D eigenvalue weighted by Gasteiger charge is 2.62. The van der Waals surface area contributed by atoms with Gasteiger partial charge in [-0.25, -0.2) is 0 Å². The lowest BCUT2D eigenvalue weighted by Crippen LogP contribution is -2.41. The summed E-state index contributed by atoms with van der Waals surface area (Å²) in [5, 5.41) is 0. The maximum absolute atomic E-state index is 5.92. The molecule has 1 aromatic carbocycles. The Morgan fingerprint density at radius 3 is 2.88 bits per heavy atom. The lowest BCUT2D eigenvalue weighted by atomic mass is 10.1. The molecule has 3 saturated heterocycles. The zero-order valence-electron chi connectivity index (χ0n) is 9.32. The molecular formula is C13H14O4. The van der Waals surface area contributed by atoms with E-state index in [0.717, 1.165) is 0 Å². The van der Waals surface area contributed by atoms with Gasteiger partial charge in [-0.05, 0) is 5.56 Å². The molecule has 1 aromatic rings. The Kier molecular flexibility index (Phi) is 2.23. The third kappa shape index (κ3) is 1.68. The third-order valence-corrected chi connectivity index (χ3v) is 3.54. The van der Waals surface area contributed by atoms with Crippen molar-refractivity contribution >= 4 is 0 Å². The van der Waals surface area contributed by atoms with Gasteiger partial charge in [0.2, 0.25) is 0 Å². The number of hydrogen-bond donors (Lipinski definition) is 0. The summed E-state index contributed by atoms with van der Waals surface area (Å²) < 4.78 is 22.6.